The molecule has 0 bridgehead atoms. The molecule has 0 radical (unpaired) electrons. The minimum atomic E-state index is 0.382. The minimum absolute atomic E-state index is 0.382. The van der Waals surface area contributed by atoms with E-state index in [1.165, 1.54) is 19.5 Å². The number of anilines is 1. The Kier molecular flexibility index (Phi) is 9.56. The van der Waals surface area contributed by atoms with Crippen LogP contribution in [0.25, 0.3) is 0 Å². The standard InChI is InChI=1S/C14H18ClN3.2C2H2/c1-10(9-18-6-3-7-18)17-13-5-4-12(8-16)14(15)11(13)2;2*1-2/h4-5,10,17H,3,6-7,9H2,1-2H3;2*1-2H. The molecule has 1 aliphatic heterocycles. The summed E-state index contributed by atoms with van der Waals surface area (Å²) in [5, 5.41) is 12.9. The molecule has 1 unspecified atom stereocenters. The van der Waals surface area contributed by atoms with Crippen LogP contribution in [0.3, 0.4) is 0 Å². The number of halogens is 1. The van der Waals surface area contributed by atoms with E-state index >= 15 is 0 Å². The van der Waals surface area contributed by atoms with Crippen molar-refractivity contribution in [1.82, 2.24) is 4.90 Å². The summed E-state index contributed by atoms with van der Waals surface area (Å²) in [6.07, 6.45) is 17.3. The van der Waals surface area contributed by atoms with Crippen molar-refractivity contribution in [3.63, 3.8) is 0 Å². The molecule has 1 saturated heterocycles. The van der Waals surface area contributed by atoms with Crippen molar-refractivity contribution >= 4 is 17.3 Å². The van der Waals surface area contributed by atoms with E-state index in [-0.39, 0.29) is 0 Å². The van der Waals surface area contributed by atoms with Crippen molar-refractivity contribution < 1.29 is 0 Å². The van der Waals surface area contributed by atoms with Gasteiger partial charge in [0.25, 0.3) is 0 Å². The van der Waals surface area contributed by atoms with Crippen molar-refractivity contribution in [3.8, 4) is 31.8 Å². The number of nitriles is 1. The second-order valence-corrected chi connectivity index (χ2v) is 5.29. The Morgan fingerprint density at radius 3 is 2.36 bits per heavy atom. The molecule has 0 spiro atoms. The molecule has 0 saturated carbocycles. The Balaban J connectivity index is 0.00000102. The minimum Gasteiger partial charge on any atom is -0.381 e. The van der Waals surface area contributed by atoms with E-state index in [1.54, 1.807) is 6.07 Å². The molecule has 4 heteroatoms. The quantitative estimate of drug-likeness (QED) is 0.864. The van der Waals surface area contributed by atoms with Crippen LogP contribution in [0, 0.1) is 43.9 Å². The SMILES string of the molecule is C#C.C#C.Cc1c(NC(C)CN2CCC2)ccc(C#N)c1Cl. The largest absolute Gasteiger partial charge is 0.381 e. The molecule has 0 aliphatic carbocycles. The molecule has 1 aliphatic rings. The van der Waals surface area contributed by atoms with E-state index in [4.69, 9.17) is 16.9 Å². The first kappa shape index (κ1) is 19.9. The van der Waals surface area contributed by atoms with E-state index in [1.807, 2.05) is 13.0 Å². The van der Waals surface area contributed by atoms with Gasteiger partial charge in [0.15, 0.2) is 0 Å². The summed E-state index contributed by atoms with van der Waals surface area (Å²) in [4.78, 5) is 2.43. The highest BCUT2D eigenvalue weighted by atomic mass is 35.5. The fraction of sp³-hybridized carbons (Fsp3) is 0.389. The molecule has 1 heterocycles. The van der Waals surface area contributed by atoms with Crippen molar-refractivity contribution in [3.05, 3.63) is 28.3 Å². The normalized spacial score (nSPS) is 13.9. The van der Waals surface area contributed by atoms with E-state index in [0.717, 1.165) is 17.8 Å². The summed E-state index contributed by atoms with van der Waals surface area (Å²) < 4.78 is 0. The zero-order valence-corrected chi connectivity index (χ0v) is 13.9. The number of rotatable bonds is 4. The third-order valence-electron chi connectivity index (χ3n) is 3.39. The van der Waals surface area contributed by atoms with Crippen molar-refractivity contribution in [2.45, 2.75) is 26.3 Å². The Morgan fingerprint density at radius 2 is 1.91 bits per heavy atom. The number of terminal acetylenes is 2. The monoisotopic (exact) mass is 315 g/mol. The maximum absolute atomic E-state index is 8.91. The summed E-state index contributed by atoms with van der Waals surface area (Å²) in [5.41, 5.74) is 2.51. The second kappa shape index (κ2) is 10.6. The average molecular weight is 316 g/mol. The fourth-order valence-corrected chi connectivity index (χ4v) is 2.40. The van der Waals surface area contributed by atoms with Crippen LogP contribution in [-0.2, 0) is 0 Å². The van der Waals surface area contributed by atoms with E-state index < -0.39 is 0 Å². The maximum Gasteiger partial charge on any atom is 0.101 e. The fourth-order valence-electron chi connectivity index (χ4n) is 2.19. The summed E-state index contributed by atoms with van der Waals surface area (Å²) in [6, 6.07) is 6.19. The highest BCUT2D eigenvalue weighted by molar-refractivity contribution is 6.32. The van der Waals surface area contributed by atoms with Gasteiger partial charge in [-0.15, -0.1) is 25.7 Å². The first-order valence-electron chi connectivity index (χ1n) is 6.96. The summed E-state index contributed by atoms with van der Waals surface area (Å²) in [7, 11) is 0. The highest BCUT2D eigenvalue weighted by Gasteiger charge is 2.17. The van der Waals surface area contributed by atoms with Gasteiger partial charge in [-0.3, -0.25) is 0 Å². The lowest BCUT2D eigenvalue weighted by molar-refractivity contribution is 0.176. The van der Waals surface area contributed by atoms with Crippen LogP contribution >= 0.6 is 11.6 Å². The molecule has 0 aromatic heterocycles. The van der Waals surface area contributed by atoms with Gasteiger partial charge in [-0.1, -0.05) is 11.6 Å². The number of nitrogens with zero attached hydrogens (tertiary/aromatic N) is 2. The lowest BCUT2D eigenvalue weighted by Crippen LogP contribution is -2.43. The van der Waals surface area contributed by atoms with Crippen molar-refractivity contribution in [1.29, 1.82) is 5.26 Å². The van der Waals surface area contributed by atoms with E-state index in [0.29, 0.717) is 16.6 Å². The Morgan fingerprint density at radius 1 is 1.32 bits per heavy atom. The van der Waals surface area contributed by atoms with Gasteiger partial charge in [0, 0.05) is 18.3 Å². The molecule has 22 heavy (non-hydrogen) atoms. The number of benzene rings is 1. The van der Waals surface area contributed by atoms with Gasteiger partial charge in [0.2, 0.25) is 0 Å². The predicted molar refractivity (Wildman–Crippen MR) is 94.8 cm³/mol. The number of hydrogen-bond donors (Lipinski definition) is 1. The zero-order valence-electron chi connectivity index (χ0n) is 13.1. The van der Waals surface area contributed by atoms with Gasteiger partial charge < -0.3 is 10.2 Å². The van der Waals surface area contributed by atoms with Crippen LogP contribution < -0.4 is 5.32 Å². The highest BCUT2D eigenvalue weighted by Crippen LogP contribution is 2.27. The van der Waals surface area contributed by atoms with Gasteiger partial charge in [-0.25, -0.2) is 0 Å². The van der Waals surface area contributed by atoms with Crippen molar-refractivity contribution in [2.24, 2.45) is 0 Å². The number of likely N-dealkylation sites (tertiary alicyclic amines) is 1. The Bertz CT molecular complexity index is 545. The second-order valence-electron chi connectivity index (χ2n) is 4.91. The first-order chi connectivity index (χ1) is 10.6. The number of nitrogens with one attached hydrogen (secondary N) is 1. The summed E-state index contributed by atoms with van der Waals surface area (Å²) >= 11 is 6.15. The third kappa shape index (κ3) is 5.34. The molecule has 1 aromatic rings. The molecular weight excluding hydrogens is 294 g/mol. The van der Waals surface area contributed by atoms with Crippen LogP contribution in [0.15, 0.2) is 12.1 Å². The van der Waals surface area contributed by atoms with Crippen LogP contribution in [0.2, 0.25) is 5.02 Å². The third-order valence-corrected chi connectivity index (χ3v) is 3.88. The summed E-state index contributed by atoms with van der Waals surface area (Å²) in [5.74, 6) is 0. The topological polar surface area (TPSA) is 39.1 Å². The smallest absolute Gasteiger partial charge is 0.101 e. The molecule has 1 N–H and O–H groups in total. The Labute approximate surface area is 139 Å². The molecule has 2 rings (SSSR count). The molecular formula is C18H22ClN3. The molecule has 1 atom stereocenters. The van der Waals surface area contributed by atoms with E-state index in [2.05, 4.69) is 48.9 Å². The lowest BCUT2D eigenvalue weighted by Gasteiger charge is -2.33. The molecule has 0 amide bonds. The summed E-state index contributed by atoms with van der Waals surface area (Å²) in [6.45, 7) is 7.58. The predicted octanol–water partition coefficient (Wildman–Crippen LogP) is 3.53. The van der Waals surface area contributed by atoms with Gasteiger partial charge in [0.05, 0.1) is 10.6 Å². The zero-order chi connectivity index (χ0) is 17.1. The van der Waals surface area contributed by atoms with Gasteiger partial charge >= 0.3 is 0 Å². The van der Waals surface area contributed by atoms with Crippen LogP contribution in [0.4, 0.5) is 5.69 Å². The van der Waals surface area contributed by atoms with Gasteiger partial charge in [-0.05, 0) is 51.1 Å². The number of hydrogen-bond acceptors (Lipinski definition) is 3. The average Bonchev–Trinajstić information content (AvgIpc) is 2.52. The van der Waals surface area contributed by atoms with Crippen LogP contribution in [0.1, 0.15) is 24.5 Å². The van der Waals surface area contributed by atoms with Crippen LogP contribution in [0.5, 0.6) is 0 Å². The van der Waals surface area contributed by atoms with Crippen LogP contribution in [-0.4, -0.2) is 30.6 Å². The van der Waals surface area contributed by atoms with E-state index in [9.17, 15) is 0 Å². The van der Waals surface area contributed by atoms with Gasteiger partial charge in [0.1, 0.15) is 6.07 Å². The Hall–Kier alpha value is -2.12. The first-order valence-corrected chi connectivity index (χ1v) is 7.34. The molecule has 1 fully saturated rings. The maximum atomic E-state index is 8.91. The van der Waals surface area contributed by atoms with Crippen molar-refractivity contribution in [2.75, 3.05) is 25.0 Å². The lowest BCUT2D eigenvalue weighted by atomic mass is 10.1. The van der Waals surface area contributed by atoms with Gasteiger partial charge in [-0.2, -0.15) is 5.26 Å². The molecule has 1 aromatic carbocycles. The molecule has 3 nitrogen and oxygen atoms in total. The molecule has 116 valence electrons.